The van der Waals surface area contributed by atoms with E-state index in [2.05, 4.69) is 38.7 Å². The molecule has 6 rings (SSSR count). The number of aliphatic hydroxyl groups excluding tert-OH is 1. The maximum Gasteiger partial charge on any atom is 0.351 e. The quantitative estimate of drug-likeness (QED) is 0.140. The summed E-state index contributed by atoms with van der Waals surface area (Å²) in [7, 11) is -5.27. The number of hydrogen-bond acceptors (Lipinski definition) is 24. The first-order valence-corrected chi connectivity index (χ1v) is 24.8. The average Bonchev–Trinajstić information content (AvgIpc) is 3.95. The van der Waals surface area contributed by atoms with Crippen LogP contribution < -0.4 is 47.9 Å². The Bertz CT molecular complexity index is 2510. The van der Waals surface area contributed by atoms with E-state index in [1.165, 1.54) is 34.6 Å². The monoisotopic (exact) mass is 1010 g/mol. The van der Waals surface area contributed by atoms with Crippen LogP contribution in [-0.4, -0.2) is 113 Å². The van der Waals surface area contributed by atoms with Crippen molar-refractivity contribution >= 4 is 35.1 Å². The molecule has 378 valence electrons. The van der Waals surface area contributed by atoms with Crippen molar-refractivity contribution in [3.05, 3.63) is 78.6 Å². The lowest BCUT2D eigenvalue weighted by Crippen LogP contribution is -2.38. The number of aliphatic hydroxyl groups is 1. The number of phosphoric ester groups is 3. The van der Waals surface area contributed by atoms with Crippen molar-refractivity contribution in [2.45, 2.75) is 76.7 Å². The first-order valence-electron chi connectivity index (χ1n) is 20.4. The Labute approximate surface area is 383 Å². The van der Waals surface area contributed by atoms with Crippen molar-refractivity contribution in [3.63, 3.8) is 0 Å². The average molecular weight is 1010 g/mol. The summed E-state index contributed by atoms with van der Waals surface area (Å²) in [5.74, 6) is 0.412. The lowest BCUT2D eigenvalue weighted by atomic mass is 10.0. The summed E-state index contributed by atoms with van der Waals surface area (Å²) >= 11 is 0. The Kier molecular flexibility index (Phi) is 20.1. The third-order valence-corrected chi connectivity index (χ3v) is 13.7. The molecular formula is C36H56N8O20P3-3. The molecule has 6 unspecified atom stereocenters. The molecule has 0 bridgehead atoms. The summed E-state index contributed by atoms with van der Waals surface area (Å²) in [5, 5.41) is 15.8. The van der Waals surface area contributed by atoms with Crippen molar-refractivity contribution in [3.8, 4) is 0 Å². The van der Waals surface area contributed by atoms with Crippen LogP contribution in [0.1, 0.15) is 52.3 Å². The van der Waals surface area contributed by atoms with Gasteiger partial charge in [0.15, 0.2) is 6.23 Å². The molecular weight excluding hydrogens is 957 g/mol. The third-order valence-electron chi connectivity index (χ3n) is 11.0. The SMILES string of the molecule is CNc1ccn([C@@H]2O[C@H](COP(=O)([O-])OC)C(C)[C@@H]2O)c(=O)n1.CNc1ccn([C@H]2CC(C)[C@@H](COP(=O)([O-])OC)O2)c(=O)n1.COP(=O)([O-])OC[C@H]1O[C@@H](n2ccc(=O)n(C)c2=O)CC1C. The van der Waals surface area contributed by atoms with E-state index in [-0.39, 0.29) is 31.7 Å². The van der Waals surface area contributed by atoms with E-state index in [9.17, 15) is 52.7 Å². The zero-order valence-corrected chi connectivity index (χ0v) is 40.7. The number of phosphoric acid groups is 3. The highest BCUT2D eigenvalue weighted by Gasteiger charge is 2.43. The first-order chi connectivity index (χ1) is 31.4. The molecule has 3 aromatic heterocycles. The lowest BCUT2D eigenvalue weighted by molar-refractivity contribution is -0.226. The molecule has 67 heavy (non-hydrogen) atoms. The zero-order chi connectivity index (χ0) is 50.0. The van der Waals surface area contributed by atoms with Crippen LogP contribution in [0.25, 0.3) is 0 Å². The van der Waals surface area contributed by atoms with Crippen LogP contribution in [0.2, 0.25) is 0 Å². The molecule has 28 nitrogen and oxygen atoms in total. The van der Waals surface area contributed by atoms with Crippen LogP contribution in [0, 0.1) is 17.8 Å². The van der Waals surface area contributed by atoms with Crippen molar-refractivity contribution in [2.75, 3.05) is 65.9 Å². The van der Waals surface area contributed by atoms with Crippen LogP contribution in [-0.2, 0) is 62.1 Å². The first kappa shape index (κ1) is 55.8. The van der Waals surface area contributed by atoms with Gasteiger partial charge < -0.3 is 71.8 Å². The highest BCUT2D eigenvalue weighted by molar-refractivity contribution is 7.46. The number of ether oxygens (including phenoxy) is 3. The number of aromatic nitrogens is 6. The fourth-order valence-electron chi connectivity index (χ4n) is 6.75. The predicted octanol–water partition coefficient (Wildman–Crippen LogP) is -0.747. The molecule has 0 aromatic carbocycles. The topological polar surface area (TPSA) is 362 Å². The van der Waals surface area contributed by atoms with Crippen molar-refractivity contribution in [2.24, 2.45) is 24.8 Å². The molecule has 3 N–H and O–H groups in total. The standard InChI is InChI=1S/C12H20N3O7P.C12H20N3O6P.C12H19N2O7P/c1-7-8(6-21-23(18,19)20-3)22-11(10(7)16)15-5-4-9(13-2)14-12(15)17;1-8-6-11(15-5-4-10(13-2)14-12(15)16)21-9(8)7-20-22(17,18)19-3;1-8-6-11(14-5-4-10(15)13(2)12(14)16)21-9(8)7-20-22(17,18)19-3/h4-5,7-8,10-11,16H,6H2,1-3H3,(H,18,19)(H,13,14,17);4-5,8-9,11H,6-7H2,1-3H3,(H,17,18)(H,13,14,16);4-5,8-9,11H,6-7H2,1-3H3,(H,17,18)/p-3/t7?,8-,10+,11-;2*8?,9-,11-/m111/s1. The fourth-order valence-corrected chi connectivity index (χ4v) is 8.05. The van der Waals surface area contributed by atoms with Crippen LogP contribution in [0.5, 0.6) is 0 Å². The second-order valence-corrected chi connectivity index (χ2v) is 19.8. The molecule has 0 aliphatic carbocycles. The van der Waals surface area contributed by atoms with Gasteiger partial charge in [0.2, 0.25) is 0 Å². The van der Waals surface area contributed by atoms with Gasteiger partial charge in [0.05, 0.1) is 38.1 Å². The van der Waals surface area contributed by atoms with Gasteiger partial charge in [-0.1, -0.05) is 20.8 Å². The maximum atomic E-state index is 12.1. The van der Waals surface area contributed by atoms with Gasteiger partial charge in [0.25, 0.3) is 29.0 Å². The van der Waals surface area contributed by atoms with E-state index >= 15 is 0 Å². The van der Waals surface area contributed by atoms with Crippen LogP contribution in [0.4, 0.5) is 11.6 Å². The van der Waals surface area contributed by atoms with Gasteiger partial charge in [-0.15, -0.1) is 0 Å². The summed E-state index contributed by atoms with van der Waals surface area (Å²) in [5.41, 5.74) is -1.92. The Balaban J connectivity index is 0.000000219. The van der Waals surface area contributed by atoms with Gasteiger partial charge in [-0.25, -0.2) is 14.4 Å². The number of hydrogen-bond donors (Lipinski definition) is 3. The predicted molar refractivity (Wildman–Crippen MR) is 228 cm³/mol. The summed E-state index contributed by atoms with van der Waals surface area (Å²) in [6.45, 7) is 4.78. The molecule has 6 heterocycles. The summed E-state index contributed by atoms with van der Waals surface area (Å²) in [4.78, 5) is 88.6. The van der Waals surface area contributed by atoms with Gasteiger partial charge in [-0.05, 0) is 36.8 Å². The van der Waals surface area contributed by atoms with E-state index in [1.54, 1.807) is 39.3 Å². The minimum Gasteiger partial charge on any atom is -0.756 e. The normalized spacial score (nSPS) is 28.5. The smallest absolute Gasteiger partial charge is 0.351 e. The van der Waals surface area contributed by atoms with E-state index in [0.717, 1.165) is 30.5 Å². The van der Waals surface area contributed by atoms with Gasteiger partial charge in [0, 0.05) is 73.0 Å². The van der Waals surface area contributed by atoms with Crippen molar-refractivity contribution in [1.82, 2.24) is 28.2 Å². The summed E-state index contributed by atoms with van der Waals surface area (Å²) in [6.07, 6.45) is 0.753. The zero-order valence-electron chi connectivity index (χ0n) is 38.0. The highest BCUT2D eigenvalue weighted by atomic mass is 31.2. The van der Waals surface area contributed by atoms with E-state index in [4.69, 9.17) is 23.3 Å². The van der Waals surface area contributed by atoms with Crippen molar-refractivity contribution < 1.29 is 74.8 Å². The number of anilines is 2. The Morgan fingerprint density at radius 2 is 1.07 bits per heavy atom. The largest absolute Gasteiger partial charge is 0.756 e. The third kappa shape index (κ3) is 15.1. The van der Waals surface area contributed by atoms with Gasteiger partial charge in [0.1, 0.15) is 30.2 Å². The number of nitrogens with zero attached hydrogens (tertiary/aromatic N) is 6. The van der Waals surface area contributed by atoms with Crippen LogP contribution in [0.3, 0.4) is 0 Å². The number of rotatable bonds is 17. The lowest BCUT2D eigenvalue weighted by Gasteiger charge is -2.23. The van der Waals surface area contributed by atoms with Gasteiger partial charge in [-0.2, -0.15) is 9.97 Å². The molecule has 0 radical (unpaired) electrons. The molecule has 3 aliphatic heterocycles. The molecule has 3 fully saturated rings. The van der Waals surface area contributed by atoms with Crippen LogP contribution >= 0.6 is 23.5 Å². The second kappa shape index (κ2) is 24.2. The molecule has 3 aromatic rings. The van der Waals surface area contributed by atoms with E-state index < -0.39 is 95.1 Å². The highest BCUT2D eigenvalue weighted by Crippen LogP contribution is 2.42. The van der Waals surface area contributed by atoms with Gasteiger partial charge in [-0.3, -0.25) is 36.8 Å². The summed E-state index contributed by atoms with van der Waals surface area (Å²) in [6, 6.07) is 4.49. The Hall–Kier alpha value is -3.79. The number of nitrogens with one attached hydrogen (secondary N) is 2. The molecule has 0 amide bonds. The summed E-state index contributed by atoms with van der Waals surface area (Å²) < 4.78 is 82.1. The van der Waals surface area contributed by atoms with E-state index in [1.807, 2.05) is 13.8 Å². The molecule has 0 spiro atoms. The molecule has 31 heteroatoms. The Morgan fingerprint density at radius 3 is 1.49 bits per heavy atom. The van der Waals surface area contributed by atoms with E-state index in [0.29, 0.717) is 24.5 Å². The fraction of sp³-hybridized carbons (Fsp3) is 0.667. The van der Waals surface area contributed by atoms with Crippen molar-refractivity contribution in [1.29, 1.82) is 0 Å². The minimum atomic E-state index is -4.38. The molecule has 3 aliphatic rings. The van der Waals surface area contributed by atoms with Gasteiger partial charge >= 0.3 is 17.1 Å². The second-order valence-electron chi connectivity index (χ2n) is 15.3. The minimum absolute atomic E-state index is 0.0222. The molecule has 13 atom stereocenters. The Morgan fingerprint density at radius 1 is 0.672 bits per heavy atom. The maximum absolute atomic E-state index is 12.1. The molecule has 3 saturated heterocycles. The van der Waals surface area contributed by atoms with Crippen LogP contribution in [0.15, 0.2) is 56.0 Å². The molecule has 0 saturated carbocycles.